The fourth-order valence-corrected chi connectivity index (χ4v) is 1.36. The Bertz CT molecular complexity index is 268. The van der Waals surface area contributed by atoms with Gasteiger partial charge in [-0.05, 0) is 19.9 Å². The minimum Gasteiger partial charge on any atom is -0.343 e. The molecule has 0 saturated heterocycles. The van der Waals surface area contributed by atoms with Crippen LogP contribution in [-0.4, -0.2) is 29.4 Å². The minimum absolute atomic E-state index is 0.590. The summed E-state index contributed by atoms with van der Waals surface area (Å²) in [5.41, 5.74) is 1.98. The van der Waals surface area contributed by atoms with E-state index in [1.165, 1.54) is 0 Å². The van der Waals surface area contributed by atoms with Crippen molar-refractivity contribution in [2.24, 2.45) is 0 Å². The lowest BCUT2D eigenvalue weighted by Gasteiger charge is -2.15. The van der Waals surface area contributed by atoms with Crippen molar-refractivity contribution in [3.8, 4) is 0 Å². The largest absolute Gasteiger partial charge is 0.343 e. The monoisotopic (exact) mass is 199 g/mol. The number of rotatable bonds is 3. The Labute approximate surface area is 83.8 Å². The van der Waals surface area contributed by atoms with E-state index in [2.05, 4.69) is 9.97 Å². The zero-order chi connectivity index (χ0) is 9.84. The number of aryl methyl sites for hydroxylation is 2. The van der Waals surface area contributed by atoms with Gasteiger partial charge in [0.15, 0.2) is 0 Å². The molecule has 4 heteroatoms. The first-order valence-electron chi connectivity index (χ1n) is 4.23. The van der Waals surface area contributed by atoms with Gasteiger partial charge in [-0.1, -0.05) is 0 Å². The van der Waals surface area contributed by atoms with Crippen LogP contribution in [0.15, 0.2) is 6.07 Å². The molecular formula is C9H14ClN3. The molecule has 1 aromatic rings. The topological polar surface area (TPSA) is 29.0 Å². The number of halogens is 1. The maximum Gasteiger partial charge on any atom is 0.225 e. The van der Waals surface area contributed by atoms with Gasteiger partial charge in [0, 0.05) is 30.9 Å². The van der Waals surface area contributed by atoms with Crippen LogP contribution in [0.3, 0.4) is 0 Å². The number of aromatic nitrogens is 2. The smallest absolute Gasteiger partial charge is 0.225 e. The van der Waals surface area contributed by atoms with Gasteiger partial charge < -0.3 is 4.90 Å². The van der Waals surface area contributed by atoms with Crippen LogP contribution in [0.2, 0.25) is 0 Å². The van der Waals surface area contributed by atoms with Crippen LogP contribution in [-0.2, 0) is 0 Å². The van der Waals surface area contributed by atoms with Gasteiger partial charge in [-0.25, -0.2) is 9.97 Å². The van der Waals surface area contributed by atoms with Crippen molar-refractivity contribution in [1.29, 1.82) is 0 Å². The van der Waals surface area contributed by atoms with Crippen molar-refractivity contribution in [1.82, 2.24) is 9.97 Å². The zero-order valence-corrected chi connectivity index (χ0v) is 8.97. The second kappa shape index (κ2) is 4.42. The highest BCUT2D eigenvalue weighted by atomic mass is 35.5. The lowest BCUT2D eigenvalue weighted by molar-refractivity contribution is 0.885. The fraction of sp³-hybridized carbons (Fsp3) is 0.556. The third kappa shape index (κ3) is 2.84. The van der Waals surface area contributed by atoms with Gasteiger partial charge >= 0.3 is 0 Å². The number of alkyl halides is 1. The maximum atomic E-state index is 5.63. The second-order valence-electron chi connectivity index (χ2n) is 3.06. The van der Waals surface area contributed by atoms with Crippen molar-refractivity contribution in [3.05, 3.63) is 17.5 Å². The van der Waals surface area contributed by atoms with Gasteiger partial charge in [0.1, 0.15) is 0 Å². The molecule has 0 N–H and O–H groups in total. The van der Waals surface area contributed by atoms with E-state index in [-0.39, 0.29) is 0 Å². The SMILES string of the molecule is Cc1cc(C)nc(N(C)CCCl)n1. The molecule has 72 valence electrons. The molecule has 0 atom stereocenters. The number of nitrogens with zero attached hydrogens (tertiary/aromatic N) is 3. The van der Waals surface area contributed by atoms with Crippen molar-refractivity contribution < 1.29 is 0 Å². The van der Waals surface area contributed by atoms with E-state index in [9.17, 15) is 0 Å². The summed E-state index contributed by atoms with van der Waals surface area (Å²) in [6.07, 6.45) is 0. The van der Waals surface area contributed by atoms with Crippen LogP contribution in [0.4, 0.5) is 5.95 Å². The van der Waals surface area contributed by atoms with Gasteiger partial charge in [-0.3, -0.25) is 0 Å². The predicted octanol–water partition coefficient (Wildman–Crippen LogP) is 1.77. The maximum absolute atomic E-state index is 5.63. The average molecular weight is 200 g/mol. The van der Waals surface area contributed by atoms with E-state index in [1.54, 1.807) is 0 Å². The van der Waals surface area contributed by atoms with Crippen molar-refractivity contribution in [3.63, 3.8) is 0 Å². The summed E-state index contributed by atoms with van der Waals surface area (Å²) in [6, 6.07) is 1.96. The summed E-state index contributed by atoms with van der Waals surface area (Å²) in [4.78, 5) is 10.6. The summed E-state index contributed by atoms with van der Waals surface area (Å²) in [5, 5.41) is 0. The Balaban J connectivity index is 2.87. The lowest BCUT2D eigenvalue weighted by Crippen LogP contribution is -2.22. The molecule has 0 fully saturated rings. The number of hydrogen-bond donors (Lipinski definition) is 0. The summed E-state index contributed by atoms with van der Waals surface area (Å²) >= 11 is 5.63. The minimum atomic E-state index is 0.590. The summed E-state index contributed by atoms with van der Waals surface area (Å²) in [5.74, 6) is 1.34. The third-order valence-corrected chi connectivity index (χ3v) is 1.90. The van der Waals surface area contributed by atoms with Gasteiger partial charge in [-0.15, -0.1) is 11.6 Å². The predicted molar refractivity (Wildman–Crippen MR) is 55.5 cm³/mol. The van der Waals surface area contributed by atoms with E-state index in [4.69, 9.17) is 11.6 Å². The van der Waals surface area contributed by atoms with Crippen molar-refractivity contribution in [2.45, 2.75) is 13.8 Å². The Kier molecular flexibility index (Phi) is 3.48. The fourth-order valence-electron chi connectivity index (χ4n) is 1.10. The summed E-state index contributed by atoms with van der Waals surface area (Å²) < 4.78 is 0. The van der Waals surface area contributed by atoms with E-state index in [1.807, 2.05) is 31.9 Å². The zero-order valence-electron chi connectivity index (χ0n) is 8.21. The van der Waals surface area contributed by atoms with Crippen molar-refractivity contribution in [2.75, 3.05) is 24.4 Å². The molecule has 0 unspecified atom stereocenters. The Hall–Kier alpha value is -0.830. The van der Waals surface area contributed by atoms with Crippen LogP contribution >= 0.6 is 11.6 Å². The molecule has 1 heterocycles. The standard InChI is InChI=1S/C9H14ClN3/c1-7-6-8(2)12-9(11-7)13(3)5-4-10/h6H,4-5H2,1-3H3. The molecule has 1 aromatic heterocycles. The molecule has 0 saturated carbocycles. The molecule has 0 aliphatic heterocycles. The first-order valence-corrected chi connectivity index (χ1v) is 4.76. The van der Waals surface area contributed by atoms with Gasteiger partial charge in [0.25, 0.3) is 0 Å². The Morgan fingerprint density at radius 1 is 1.31 bits per heavy atom. The van der Waals surface area contributed by atoms with Gasteiger partial charge in [-0.2, -0.15) is 0 Å². The summed E-state index contributed by atoms with van der Waals surface area (Å²) in [6.45, 7) is 4.70. The Morgan fingerprint density at radius 3 is 2.31 bits per heavy atom. The normalized spacial score (nSPS) is 10.2. The van der Waals surface area contributed by atoms with E-state index in [0.29, 0.717) is 5.88 Å². The molecule has 0 aliphatic rings. The Morgan fingerprint density at radius 2 is 1.85 bits per heavy atom. The van der Waals surface area contributed by atoms with Gasteiger partial charge in [0.05, 0.1) is 0 Å². The lowest BCUT2D eigenvalue weighted by atomic mass is 10.3. The highest BCUT2D eigenvalue weighted by molar-refractivity contribution is 6.18. The molecular weight excluding hydrogens is 186 g/mol. The molecule has 0 spiro atoms. The molecule has 0 aromatic carbocycles. The van der Waals surface area contributed by atoms with E-state index >= 15 is 0 Å². The number of hydrogen-bond acceptors (Lipinski definition) is 3. The molecule has 13 heavy (non-hydrogen) atoms. The molecule has 1 rings (SSSR count). The average Bonchev–Trinajstić information content (AvgIpc) is 2.03. The number of anilines is 1. The molecule has 0 radical (unpaired) electrons. The molecule has 0 aliphatic carbocycles. The van der Waals surface area contributed by atoms with Crippen LogP contribution in [0.25, 0.3) is 0 Å². The molecule has 0 amide bonds. The van der Waals surface area contributed by atoms with Crippen LogP contribution in [0.1, 0.15) is 11.4 Å². The second-order valence-corrected chi connectivity index (χ2v) is 3.44. The highest BCUT2D eigenvalue weighted by Crippen LogP contribution is 2.07. The first-order chi connectivity index (χ1) is 6.13. The quantitative estimate of drug-likeness (QED) is 0.695. The van der Waals surface area contributed by atoms with Crippen LogP contribution in [0.5, 0.6) is 0 Å². The van der Waals surface area contributed by atoms with Crippen LogP contribution < -0.4 is 4.90 Å². The molecule has 0 bridgehead atoms. The summed E-state index contributed by atoms with van der Waals surface area (Å²) in [7, 11) is 1.94. The van der Waals surface area contributed by atoms with Crippen LogP contribution in [0, 0.1) is 13.8 Å². The van der Waals surface area contributed by atoms with Crippen molar-refractivity contribution >= 4 is 17.5 Å². The van der Waals surface area contributed by atoms with Gasteiger partial charge in [0.2, 0.25) is 5.95 Å². The highest BCUT2D eigenvalue weighted by Gasteiger charge is 2.04. The van der Waals surface area contributed by atoms with E-state index in [0.717, 1.165) is 23.9 Å². The molecule has 3 nitrogen and oxygen atoms in total. The first kappa shape index (κ1) is 10.3. The van der Waals surface area contributed by atoms with E-state index < -0.39 is 0 Å². The third-order valence-electron chi connectivity index (χ3n) is 1.73.